The molecule has 2 nitrogen and oxygen atoms in total. The quantitative estimate of drug-likeness (QED) is 0.793. The van der Waals surface area contributed by atoms with E-state index in [0.29, 0.717) is 19.2 Å². The Labute approximate surface area is 89.2 Å². The standard InChI is InChI=1S/C10H9F4NO/c11-6-1-2-9(16-7-4-15-5-7)8(3-6)10(12,13)14/h1-3,7,15H,4-5H2. The highest BCUT2D eigenvalue weighted by Gasteiger charge is 2.35. The minimum absolute atomic E-state index is 0.272. The molecular weight excluding hydrogens is 226 g/mol. The minimum atomic E-state index is -4.60. The van der Waals surface area contributed by atoms with Crippen LogP contribution in [0, 0.1) is 5.82 Å². The summed E-state index contributed by atoms with van der Waals surface area (Å²) in [6.45, 7) is 1.02. The van der Waals surface area contributed by atoms with Crippen LogP contribution in [0.25, 0.3) is 0 Å². The molecule has 1 aromatic carbocycles. The Balaban J connectivity index is 2.28. The highest BCUT2D eigenvalue weighted by Crippen LogP contribution is 2.37. The van der Waals surface area contributed by atoms with Crippen LogP contribution in [0.2, 0.25) is 0 Å². The van der Waals surface area contributed by atoms with E-state index in [1.54, 1.807) is 0 Å². The predicted octanol–water partition coefficient (Wildman–Crippen LogP) is 2.20. The summed E-state index contributed by atoms with van der Waals surface area (Å²) in [5, 5.41) is 2.87. The molecule has 0 unspecified atom stereocenters. The van der Waals surface area contributed by atoms with Crippen LogP contribution >= 0.6 is 0 Å². The molecule has 0 amide bonds. The number of halogens is 4. The van der Waals surface area contributed by atoms with Crippen molar-refractivity contribution in [1.82, 2.24) is 5.32 Å². The van der Waals surface area contributed by atoms with E-state index in [2.05, 4.69) is 5.32 Å². The molecule has 88 valence electrons. The lowest BCUT2D eigenvalue weighted by atomic mass is 10.1. The fraction of sp³-hybridized carbons (Fsp3) is 0.400. The fourth-order valence-electron chi connectivity index (χ4n) is 1.35. The molecule has 0 spiro atoms. The number of alkyl halides is 3. The highest BCUT2D eigenvalue weighted by molar-refractivity contribution is 5.36. The second kappa shape index (κ2) is 3.93. The average molecular weight is 235 g/mol. The molecule has 1 saturated heterocycles. The first-order valence-corrected chi connectivity index (χ1v) is 4.71. The molecule has 1 aliphatic heterocycles. The number of nitrogens with one attached hydrogen (secondary N) is 1. The molecule has 2 rings (SSSR count). The Morgan fingerprint density at radius 2 is 1.94 bits per heavy atom. The molecule has 0 aliphatic carbocycles. The van der Waals surface area contributed by atoms with Gasteiger partial charge < -0.3 is 10.1 Å². The van der Waals surface area contributed by atoms with Gasteiger partial charge in [-0.3, -0.25) is 0 Å². The Hall–Kier alpha value is -1.30. The van der Waals surface area contributed by atoms with E-state index in [1.165, 1.54) is 0 Å². The monoisotopic (exact) mass is 235 g/mol. The van der Waals surface area contributed by atoms with Gasteiger partial charge >= 0.3 is 6.18 Å². The van der Waals surface area contributed by atoms with Crippen molar-refractivity contribution >= 4 is 0 Å². The third kappa shape index (κ3) is 2.27. The van der Waals surface area contributed by atoms with Crippen molar-refractivity contribution in [2.24, 2.45) is 0 Å². The maximum absolute atomic E-state index is 12.7. The number of benzene rings is 1. The van der Waals surface area contributed by atoms with Crippen molar-refractivity contribution in [3.05, 3.63) is 29.6 Å². The molecule has 16 heavy (non-hydrogen) atoms. The molecule has 0 atom stereocenters. The maximum Gasteiger partial charge on any atom is 0.420 e. The van der Waals surface area contributed by atoms with Crippen LogP contribution in [0.4, 0.5) is 17.6 Å². The first kappa shape index (κ1) is 11.2. The second-order valence-electron chi connectivity index (χ2n) is 3.54. The summed E-state index contributed by atoms with van der Waals surface area (Å²) in [5.74, 6) is -1.24. The Morgan fingerprint density at radius 1 is 1.25 bits per heavy atom. The normalized spacial score (nSPS) is 17.0. The van der Waals surface area contributed by atoms with E-state index in [9.17, 15) is 17.6 Å². The molecule has 1 fully saturated rings. The molecule has 0 radical (unpaired) electrons. The van der Waals surface area contributed by atoms with Gasteiger partial charge in [0.05, 0.1) is 0 Å². The predicted molar refractivity (Wildman–Crippen MR) is 48.7 cm³/mol. The van der Waals surface area contributed by atoms with Crippen molar-refractivity contribution in [3.8, 4) is 5.75 Å². The van der Waals surface area contributed by atoms with Crippen LogP contribution in [0.1, 0.15) is 5.56 Å². The van der Waals surface area contributed by atoms with Crippen molar-refractivity contribution in [2.45, 2.75) is 12.3 Å². The van der Waals surface area contributed by atoms with Gasteiger partial charge in [0.2, 0.25) is 0 Å². The lowest BCUT2D eigenvalue weighted by Gasteiger charge is -2.29. The van der Waals surface area contributed by atoms with Gasteiger partial charge in [0.1, 0.15) is 23.2 Å². The van der Waals surface area contributed by atoms with Gasteiger partial charge in [0.15, 0.2) is 0 Å². The Kier molecular flexibility index (Phi) is 2.75. The molecule has 1 N–H and O–H groups in total. The van der Waals surface area contributed by atoms with Crippen LogP contribution < -0.4 is 10.1 Å². The molecule has 0 aromatic heterocycles. The number of ether oxygens (including phenoxy) is 1. The van der Waals surface area contributed by atoms with Crippen molar-refractivity contribution in [2.75, 3.05) is 13.1 Å². The van der Waals surface area contributed by atoms with Gasteiger partial charge in [-0.05, 0) is 18.2 Å². The van der Waals surface area contributed by atoms with E-state index < -0.39 is 17.6 Å². The second-order valence-corrected chi connectivity index (χ2v) is 3.54. The van der Waals surface area contributed by atoms with Crippen molar-refractivity contribution in [1.29, 1.82) is 0 Å². The van der Waals surface area contributed by atoms with Crippen LogP contribution in [0.15, 0.2) is 18.2 Å². The molecular formula is C10H9F4NO. The van der Waals surface area contributed by atoms with Gasteiger partial charge in [-0.15, -0.1) is 0 Å². The number of hydrogen-bond acceptors (Lipinski definition) is 2. The maximum atomic E-state index is 12.7. The molecule has 0 saturated carbocycles. The largest absolute Gasteiger partial charge is 0.487 e. The van der Waals surface area contributed by atoms with E-state index in [1.807, 2.05) is 0 Å². The van der Waals surface area contributed by atoms with Crippen LogP contribution in [0.3, 0.4) is 0 Å². The van der Waals surface area contributed by atoms with Gasteiger partial charge in [0.25, 0.3) is 0 Å². The first-order valence-electron chi connectivity index (χ1n) is 4.71. The van der Waals surface area contributed by atoms with E-state index in [4.69, 9.17) is 4.74 Å². The van der Waals surface area contributed by atoms with E-state index >= 15 is 0 Å². The third-order valence-electron chi connectivity index (χ3n) is 2.28. The van der Waals surface area contributed by atoms with Crippen LogP contribution in [-0.2, 0) is 6.18 Å². The fourth-order valence-corrected chi connectivity index (χ4v) is 1.35. The van der Waals surface area contributed by atoms with Gasteiger partial charge in [-0.2, -0.15) is 13.2 Å². The number of hydrogen-bond donors (Lipinski definition) is 1. The summed E-state index contributed by atoms with van der Waals surface area (Å²) in [6.07, 6.45) is -4.87. The zero-order chi connectivity index (χ0) is 11.8. The Bertz CT molecular complexity index is 387. The molecule has 1 heterocycles. The molecule has 1 aromatic rings. The van der Waals surface area contributed by atoms with Crippen LogP contribution in [-0.4, -0.2) is 19.2 Å². The lowest BCUT2D eigenvalue weighted by molar-refractivity contribution is -0.139. The zero-order valence-corrected chi connectivity index (χ0v) is 8.14. The topological polar surface area (TPSA) is 21.3 Å². The van der Waals surface area contributed by atoms with Gasteiger partial charge in [-0.1, -0.05) is 0 Å². The SMILES string of the molecule is Fc1ccc(OC2CNC2)c(C(F)(F)F)c1. The van der Waals surface area contributed by atoms with Crippen LogP contribution in [0.5, 0.6) is 5.75 Å². The summed E-state index contributed by atoms with van der Waals surface area (Å²) in [6, 6.07) is 2.41. The summed E-state index contributed by atoms with van der Waals surface area (Å²) in [7, 11) is 0. The van der Waals surface area contributed by atoms with Gasteiger partial charge in [-0.25, -0.2) is 4.39 Å². The van der Waals surface area contributed by atoms with Gasteiger partial charge in [0, 0.05) is 13.1 Å². The summed E-state index contributed by atoms with van der Waals surface area (Å²) in [5.41, 5.74) is -1.07. The molecule has 1 aliphatic rings. The van der Waals surface area contributed by atoms with Crippen molar-refractivity contribution in [3.63, 3.8) is 0 Å². The number of rotatable bonds is 2. The Morgan fingerprint density at radius 3 is 2.44 bits per heavy atom. The first-order chi connectivity index (χ1) is 7.47. The molecule has 0 bridgehead atoms. The van der Waals surface area contributed by atoms with E-state index in [-0.39, 0.29) is 11.9 Å². The smallest absolute Gasteiger partial charge is 0.420 e. The summed E-state index contributed by atoms with van der Waals surface area (Å²) < 4.78 is 55.5. The highest BCUT2D eigenvalue weighted by atomic mass is 19.4. The summed E-state index contributed by atoms with van der Waals surface area (Å²) >= 11 is 0. The lowest BCUT2D eigenvalue weighted by Crippen LogP contribution is -2.50. The summed E-state index contributed by atoms with van der Waals surface area (Å²) in [4.78, 5) is 0. The third-order valence-corrected chi connectivity index (χ3v) is 2.28. The molecule has 6 heteroatoms. The average Bonchev–Trinajstić information content (AvgIpc) is 2.11. The van der Waals surface area contributed by atoms with Crippen molar-refractivity contribution < 1.29 is 22.3 Å². The minimum Gasteiger partial charge on any atom is -0.487 e. The zero-order valence-electron chi connectivity index (χ0n) is 8.14. The van der Waals surface area contributed by atoms with E-state index in [0.717, 1.165) is 12.1 Å².